The minimum Gasteiger partial charge on any atom is -0.396 e. The van der Waals surface area contributed by atoms with E-state index in [1.807, 2.05) is 0 Å². The molecule has 2 nitrogen and oxygen atoms in total. The van der Waals surface area contributed by atoms with Gasteiger partial charge < -0.3 is 10.4 Å². The van der Waals surface area contributed by atoms with E-state index in [2.05, 4.69) is 5.32 Å². The smallest absolute Gasteiger partial charge is 0.149 e. The second kappa shape index (κ2) is 7.17. The molecule has 0 saturated carbocycles. The van der Waals surface area contributed by atoms with Crippen molar-refractivity contribution in [3.63, 3.8) is 0 Å². The maximum atomic E-state index is 13.1. The Morgan fingerprint density at radius 1 is 1.06 bits per heavy atom. The molecule has 16 heavy (non-hydrogen) atoms. The molecule has 0 saturated heterocycles. The molecule has 0 aliphatic heterocycles. The van der Waals surface area contributed by atoms with Crippen molar-refractivity contribution < 1.29 is 13.9 Å². The first-order valence-electron chi connectivity index (χ1n) is 5.54. The number of hydrogen-bond donors (Lipinski definition) is 2. The molecule has 1 aromatic carbocycles. The first-order valence-corrected chi connectivity index (χ1v) is 5.54. The van der Waals surface area contributed by atoms with Crippen molar-refractivity contribution in [2.75, 3.05) is 18.5 Å². The topological polar surface area (TPSA) is 32.3 Å². The molecule has 0 aromatic heterocycles. The van der Waals surface area contributed by atoms with Crippen LogP contribution in [0.3, 0.4) is 0 Å². The van der Waals surface area contributed by atoms with Gasteiger partial charge in [0.1, 0.15) is 11.6 Å². The zero-order valence-electron chi connectivity index (χ0n) is 9.18. The van der Waals surface area contributed by atoms with E-state index in [4.69, 9.17) is 5.11 Å². The number of nitrogens with one attached hydrogen (secondary N) is 1. The minimum absolute atomic E-state index is 0.222. The van der Waals surface area contributed by atoms with Gasteiger partial charge in [0, 0.05) is 19.2 Å². The highest BCUT2D eigenvalue weighted by Gasteiger charge is 2.02. The first kappa shape index (κ1) is 12.9. The van der Waals surface area contributed by atoms with Crippen LogP contribution in [0.1, 0.15) is 25.7 Å². The quantitative estimate of drug-likeness (QED) is 0.704. The maximum Gasteiger partial charge on any atom is 0.149 e. The van der Waals surface area contributed by atoms with Gasteiger partial charge in [-0.2, -0.15) is 0 Å². The van der Waals surface area contributed by atoms with Gasteiger partial charge in [0.25, 0.3) is 0 Å². The summed E-state index contributed by atoms with van der Waals surface area (Å²) in [6, 6.07) is 3.50. The largest absolute Gasteiger partial charge is 0.396 e. The lowest BCUT2D eigenvalue weighted by Gasteiger charge is -2.07. The van der Waals surface area contributed by atoms with Crippen molar-refractivity contribution in [3.05, 3.63) is 29.8 Å². The number of halogens is 2. The van der Waals surface area contributed by atoms with Crippen LogP contribution in [0.25, 0.3) is 0 Å². The first-order chi connectivity index (χ1) is 7.74. The van der Waals surface area contributed by atoms with E-state index < -0.39 is 11.6 Å². The van der Waals surface area contributed by atoms with E-state index in [0.29, 0.717) is 12.2 Å². The van der Waals surface area contributed by atoms with Gasteiger partial charge >= 0.3 is 0 Å². The number of benzene rings is 1. The summed E-state index contributed by atoms with van der Waals surface area (Å²) in [5.41, 5.74) is 0.337. The molecule has 0 spiro atoms. The van der Waals surface area contributed by atoms with Crippen molar-refractivity contribution in [2.24, 2.45) is 0 Å². The number of aliphatic hydroxyl groups is 1. The van der Waals surface area contributed by atoms with Gasteiger partial charge in [-0.1, -0.05) is 12.8 Å². The Labute approximate surface area is 94.3 Å². The molecule has 0 aliphatic rings. The summed E-state index contributed by atoms with van der Waals surface area (Å²) in [6.45, 7) is 0.883. The Bertz CT molecular complexity index is 318. The molecular weight excluding hydrogens is 212 g/mol. The average molecular weight is 229 g/mol. The monoisotopic (exact) mass is 229 g/mol. The fraction of sp³-hybridized carbons (Fsp3) is 0.500. The predicted octanol–water partition coefficient (Wildman–Crippen LogP) is 2.93. The Morgan fingerprint density at radius 3 is 2.50 bits per heavy atom. The average Bonchev–Trinajstić information content (AvgIpc) is 2.26. The van der Waals surface area contributed by atoms with Gasteiger partial charge in [-0.15, -0.1) is 0 Å². The molecule has 1 rings (SSSR count). The lowest BCUT2D eigenvalue weighted by Crippen LogP contribution is -2.03. The molecule has 0 fully saturated rings. The number of hydrogen-bond acceptors (Lipinski definition) is 2. The zero-order valence-corrected chi connectivity index (χ0v) is 9.18. The number of aliphatic hydroxyl groups excluding tert-OH is 1. The van der Waals surface area contributed by atoms with E-state index in [1.165, 1.54) is 12.1 Å². The van der Waals surface area contributed by atoms with Gasteiger partial charge in [-0.25, -0.2) is 8.78 Å². The Hall–Kier alpha value is -1.16. The third kappa shape index (κ3) is 4.57. The third-order valence-electron chi connectivity index (χ3n) is 2.33. The van der Waals surface area contributed by atoms with Crippen molar-refractivity contribution in [1.82, 2.24) is 0 Å². The second-order valence-corrected chi connectivity index (χ2v) is 3.69. The van der Waals surface area contributed by atoms with Crippen LogP contribution in [-0.4, -0.2) is 18.3 Å². The van der Waals surface area contributed by atoms with Gasteiger partial charge in [0.05, 0.1) is 5.69 Å². The summed E-state index contributed by atoms with van der Waals surface area (Å²) in [5, 5.41) is 11.5. The molecule has 1 aromatic rings. The van der Waals surface area contributed by atoms with Crippen LogP contribution in [0.5, 0.6) is 0 Å². The molecule has 90 valence electrons. The van der Waals surface area contributed by atoms with Crippen molar-refractivity contribution in [2.45, 2.75) is 25.7 Å². The molecular formula is C12H17F2NO. The van der Waals surface area contributed by atoms with E-state index in [9.17, 15) is 8.78 Å². The highest BCUT2D eigenvalue weighted by Crippen LogP contribution is 2.14. The number of anilines is 1. The van der Waals surface area contributed by atoms with E-state index in [-0.39, 0.29) is 6.61 Å². The van der Waals surface area contributed by atoms with Crippen LogP contribution in [0, 0.1) is 11.6 Å². The van der Waals surface area contributed by atoms with Crippen LogP contribution in [0.15, 0.2) is 18.2 Å². The Kier molecular flexibility index (Phi) is 5.78. The second-order valence-electron chi connectivity index (χ2n) is 3.69. The molecule has 0 atom stereocenters. The normalized spacial score (nSPS) is 10.4. The van der Waals surface area contributed by atoms with Crippen LogP contribution < -0.4 is 5.32 Å². The summed E-state index contributed by atoms with van der Waals surface area (Å²) in [5.74, 6) is -1.12. The van der Waals surface area contributed by atoms with E-state index in [1.54, 1.807) is 0 Å². The van der Waals surface area contributed by atoms with Gasteiger partial charge in [0.15, 0.2) is 0 Å². The van der Waals surface area contributed by atoms with Gasteiger partial charge in [-0.05, 0) is 25.0 Å². The standard InChI is InChI=1S/C12H17F2NO/c13-10-5-6-12(11(14)9-10)15-7-3-1-2-4-8-16/h5-6,9,15-16H,1-4,7-8H2. The third-order valence-corrected chi connectivity index (χ3v) is 2.33. The molecule has 4 heteroatoms. The molecule has 0 bridgehead atoms. The van der Waals surface area contributed by atoms with E-state index in [0.717, 1.165) is 31.7 Å². The summed E-state index contributed by atoms with van der Waals surface area (Å²) >= 11 is 0. The highest BCUT2D eigenvalue weighted by molar-refractivity contribution is 5.44. The fourth-order valence-electron chi connectivity index (χ4n) is 1.45. The van der Waals surface area contributed by atoms with Crippen LogP contribution in [0.4, 0.5) is 14.5 Å². The molecule has 0 unspecified atom stereocenters. The van der Waals surface area contributed by atoms with E-state index >= 15 is 0 Å². The molecule has 0 amide bonds. The molecule has 0 heterocycles. The van der Waals surface area contributed by atoms with Crippen LogP contribution in [-0.2, 0) is 0 Å². The summed E-state index contributed by atoms with van der Waals surface area (Å²) in [4.78, 5) is 0. The number of unbranched alkanes of at least 4 members (excludes halogenated alkanes) is 3. The van der Waals surface area contributed by atoms with Crippen LogP contribution >= 0.6 is 0 Å². The Balaban J connectivity index is 2.21. The van der Waals surface area contributed by atoms with Crippen molar-refractivity contribution in [3.8, 4) is 0 Å². The fourth-order valence-corrected chi connectivity index (χ4v) is 1.45. The predicted molar refractivity (Wildman–Crippen MR) is 60.4 cm³/mol. The van der Waals surface area contributed by atoms with Gasteiger partial charge in [0.2, 0.25) is 0 Å². The number of rotatable bonds is 7. The summed E-state index contributed by atoms with van der Waals surface area (Å²) in [6.07, 6.45) is 3.70. The molecule has 2 N–H and O–H groups in total. The van der Waals surface area contributed by atoms with Crippen molar-refractivity contribution in [1.29, 1.82) is 0 Å². The summed E-state index contributed by atoms with van der Waals surface area (Å²) in [7, 11) is 0. The maximum absolute atomic E-state index is 13.1. The van der Waals surface area contributed by atoms with Gasteiger partial charge in [-0.3, -0.25) is 0 Å². The highest BCUT2D eigenvalue weighted by atomic mass is 19.1. The lowest BCUT2D eigenvalue weighted by atomic mass is 10.2. The van der Waals surface area contributed by atoms with Crippen molar-refractivity contribution >= 4 is 5.69 Å². The summed E-state index contributed by atoms with van der Waals surface area (Å²) < 4.78 is 25.7. The lowest BCUT2D eigenvalue weighted by molar-refractivity contribution is 0.283. The molecule has 0 aliphatic carbocycles. The molecule has 0 radical (unpaired) electrons. The minimum atomic E-state index is -0.564. The zero-order chi connectivity index (χ0) is 11.8. The van der Waals surface area contributed by atoms with Crippen LogP contribution in [0.2, 0.25) is 0 Å². The SMILES string of the molecule is OCCCCCCNc1ccc(F)cc1F. The Morgan fingerprint density at radius 2 is 1.81 bits per heavy atom.